The van der Waals surface area contributed by atoms with Gasteiger partial charge in [0, 0.05) is 12.0 Å². The molecule has 5 heteroatoms. The fourth-order valence-electron chi connectivity index (χ4n) is 2.77. The summed E-state index contributed by atoms with van der Waals surface area (Å²) < 4.78 is 12.6. The predicted molar refractivity (Wildman–Crippen MR) is 74.3 cm³/mol. The van der Waals surface area contributed by atoms with Crippen LogP contribution in [0.1, 0.15) is 11.3 Å². The first-order valence-electron chi connectivity index (χ1n) is 6.40. The second-order valence-corrected chi connectivity index (χ2v) is 4.72. The number of hydrogen-bond acceptors (Lipinski definition) is 4. The topological polar surface area (TPSA) is 48.7 Å². The Morgan fingerprint density at radius 1 is 1.10 bits per heavy atom. The third-order valence-electron chi connectivity index (χ3n) is 3.68. The molecular formula is C15H13N3O2. The quantitative estimate of drug-likeness (QED) is 0.559. The highest BCUT2D eigenvalue weighted by Gasteiger charge is 2.26. The molecule has 0 unspecified atom stereocenters. The van der Waals surface area contributed by atoms with Gasteiger partial charge in [0.05, 0.1) is 31.7 Å². The minimum Gasteiger partial charge on any atom is -0.482 e. The SMILES string of the molecule is COc1cc(OC)n2c3c(nc2n1)-c1ccccc1C3. The summed E-state index contributed by atoms with van der Waals surface area (Å²) in [7, 11) is 3.23. The smallest absolute Gasteiger partial charge is 0.240 e. The van der Waals surface area contributed by atoms with Crippen molar-refractivity contribution in [3.8, 4) is 23.0 Å². The Kier molecular flexibility index (Phi) is 2.24. The summed E-state index contributed by atoms with van der Waals surface area (Å²) >= 11 is 0. The van der Waals surface area contributed by atoms with Crippen molar-refractivity contribution < 1.29 is 9.47 Å². The first-order chi connectivity index (χ1) is 9.81. The molecule has 0 amide bonds. The zero-order chi connectivity index (χ0) is 13.7. The van der Waals surface area contributed by atoms with E-state index in [1.54, 1.807) is 20.3 Å². The Labute approximate surface area is 115 Å². The number of methoxy groups -OCH3 is 2. The average Bonchev–Trinajstić information content (AvgIpc) is 3.01. The van der Waals surface area contributed by atoms with Gasteiger partial charge >= 0.3 is 0 Å². The van der Waals surface area contributed by atoms with E-state index in [0.717, 1.165) is 17.8 Å². The van der Waals surface area contributed by atoms with Gasteiger partial charge in [-0.1, -0.05) is 24.3 Å². The van der Waals surface area contributed by atoms with Crippen LogP contribution in [-0.4, -0.2) is 28.6 Å². The van der Waals surface area contributed by atoms with E-state index in [4.69, 9.17) is 9.47 Å². The molecule has 0 spiro atoms. The van der Waals surface area contributed by atoms with E-state index >= 15 is 0 Å². The van der Waals surface area contributed by atoms with Crippen molar-refractivity contribution in [2.24, 2.45) is 0 Å². The van der Waals surface area contributed by atoms with Crippen molar-refractivity contribution in [2.45, 2.75) is 6.42 Å². The lowest BCUT2D eigenvalue weighted by Gasteiger charge is -2.07. The molecule has 0 fully saturated rings. The number of rotatable bonds is 2. The molecule has 0 N–H and O–H groups in total. The fraction of sp³-hybridized carbons (Fsp3) is 0.200. The highest BCUT2D eigenvalue weighted by atomic mass is 16.5. The Hall–Kier alpha value is -2.56. The lowest BCUT2D eigenvalue weighted by molar-refractivity contribution is 0.369. The van der Waals surface area contributed by atoms with E-state index in [0.29, 0.717) is 17.5 Å². The van der Waals surface area contributed by atoms with Crippen LogP contribution in [0.5, 0.6) is 11.8 Å². The Morgan fingerprint density at radius 2 is 1.95 bits per heavy atom. The minimum absolute atomic E-state index is 0.506. The van der Waals surface area contributed by atoms with Gasteiger partial charge in [-0.2, -0.15) is 4.98 Å². The summed E-state index contributed by atoms with van der Waals surface area (Å²) in [4.78, 5) is 9.03. The maximum atomic E-state index is 5.46. The molecule has 0 atom stereocenters. The standard InChI is InChI=1S/C15H13N3O2/c1-19-12-8-13(20-2)18-11-7-9-5-3-4-6-10(9)14(11)17-15(18)16-12/h3-6,8H,7H2,1-2H3. The van der Waals surface area contributed by atoms with Crippen molar-refractivity contribution in [3.05, 3.63) is 41.6 Å². The molecule has 1 aliphatic carbocycles. The summed E-state index contributed by atoms with van der Waals surface area (Å²) in [5, 5.41) is 0. The maximum absolute atomic E-state index is 5.46. The summed E-state index contributed by atoms with van der Waals surface area (Å²) in [6, 6.07) is 10.1. The molecule has 1 aliphatic rings. The van der Waals surface area contributed by atoms with Crippen LogP contribution in [0.25, 0.3) is 17.0 Å². The Morgan fingerprint density at radius 3 is 2.75 bits per heavy atom. The van der Waals surface area contributed by atoms with E-state index in [1.807, 2.05) is 10.5 Å². The number of hydrogen-bond donors (Lipinski definition) is 0. The van der Waals surface area contributed by atoms with Gasteiger partial charge in [0.2, 0.25) is 17.5 Å². The summed E-state index contributed by atoms with van der Waals surface area (Å²) in [5.74, 6) is 1.81. The molecular weight excluding hydrogens is 254 g/mol. The van der Waals surface area contributed by atoms with Gasteiger partial charge in [0.25, 0.3) is 0 Å². The maximum Gasteiger partial charge on any atom is 0.240 e. The number of nitrogens with zero attached hydrogens (tertiary/aromatic N) is 3. The Balaban J connectivity index is 2.05. The normalized spacial score (nSPS) is 12.3. The van der Waals surface area contributed by atoms with Crippen molar-refractivity contribution in [2.75, 3.05) is 14.2 Å². The van der Waals surface area contributed by atoms with Crippen molar-refractivity contribution >= 4 is 5.78 Å². The van der Waals surface area contributed by atoms with E-state index < -0.39 is 0 Å². The van der Waals surface area contributed by atoms with Gasteiger partial charge in [-0.05, 0) is 5.56 Å². The first-order valence-corrected chi connectivity index (χ1v) is 6.40. The Bertz CT molecular complexity index is 823. The molecule has 1 aromatic carbocycles. The van der Waals surface area contributed by atoms with Gasteiger partial charge in [0.1, 0.15) is 0 Å². The van der Waals surface area contributed by atoms with E-state index in [-0.39, 0.29) is 0 Å². The molecule has 0 aliphatic heterocycles. The van der Waals surface area contributed by atoms with Crippen LogP contribution in [0.3, 0.4) is 0 Å². The fourth-order valence-corrected chi connectivity index (χ4v) is 2.77. The highest BCUT2D eigenvalue weighted by molar-refractivity contribution is 5.75. The van der Waals surface area contributed by atoms with E-state index in [1.165, 1.54) is 11.1 Å². The third-order valence-corrected chi connectivity index (χ3v) is 3.68. The van der Waals surface area contributed by atoms with Crippen molar-refractivity contribution in [3.63, 3.8) is 0 Å². The molecule has 2 heterocycles. The molecule has 2 aromatic heterocycles. The number of aromatic nitrogens is 3. The van der Waals surface area contributed by atoms with Gasteiger partial charge in [0.15, 0.2) is 0 Å². The lowest BCUT2D eigenvalue weighted by atomic mass is 10.1. The summed E-state index contributed by atoms with van der Waals surface area (Å²) in [5.41, 5.74) is 4.57. The first kappa shape index (κ1) is 11.3. The average molecular weight is 267 g/mol. The second kappa shape index (κ2) is 3.96. The molecule has 0 saturated heterocycles. The van der Waals surface area contributed by atoms with Crippen LogP contribution in [0.2, 0.25) is 0 Å². The van der Waals surface area contributed by atoms with Crippen molar-refractivity contribution in [1.29, 1.82) is 0 Å². The monoisotopic (exact) mass is 267 g/mol. The van der Waals surface area contributed by atoms with Crippen LogP contribution < -0.4 is 9.47 Å². The molecule has 0 radical (unpaired) electrons. The highest BCUT2D eigenvalue weighted by Crippen LogP contribution is 2.38. The van der Waals surface area contributed by atoms with Crippen LogP contribution in [0.15, 0.2) is 30.3 Å². The summed E-state index contributed by atoms with van der Waals surface area (Å²) in [6.45, 7) is 0. The largest absolute Gasteiger partial charge is 0.482 e. The van der Waals surface area contributed by atoms with Gasteiger partial charge < -0.3 is 9.47 Å². The zero-order valence-electron chi connectivity index (χ0n) is 11.3. The molecule has 0 bridgehead atoms. The van der Waals surface area contributed by atoms with Crippen LogP contribution >= 0.6 is 0 Å². The molecule has 3 aromatic rings. The number of imidazole rings is 1. The summed E-state index contributed by atoms with van der Waals surface area (Å²) in [6.07, 6.45) is 0.844. The number of ether oxygens (including phenoxy) is 2. The van der Waals surface area contributed by atoms with Crippen LogP contribution in [0.4, 0.5) is 0 Å². The van der Waals surface area contributed by atoms with Crippen LogP contribution in [-0.2, 0) is 6.42 Å². The number of fused-ring (bicyclic) bond motifs is 5. The second-order valence-electron chi connectivity index (χ2n) is 4.72. The van der Waals surface area contributed by atoms with E-state index in [2.05, 4.69) is 28.2 Å². The molecule has 4 rings (SSSR count). The van der Waals surface area contributed by atoms with Gasteiger partial charge in [-0.15, -0.1) is 0 Å². The molecule has 5 nitrogen and oxygen atoms in total. The third kappa shape index (κ3) is 1.37. The number of benzene rings is 1. The molecule has 0 saturated carbocycles. The van der Waals surface area contributed by atoms with Crippen molar-refractivity contribution in [1.82, 2.24) is 14.4 Å². The zero-order valence-corrected chi connectivity index (χ0v) is 11.3. The van der Waals surface area contributed by atoms with Gasteiger partial charge in [-0.3, -0.25) is 4.40 Å². The molecule has 20 heavy (non-hydrogen) atoms. The lowest BCUT2D eigenvalue weighted by Crippen LogP contribution is -2.01. The molecule has 100 valence electrons. The van der Waals surface area contributed by atoms with E-state index in [9.17, 15) is 0 Å². The van der Waals surface area contributed by atoms with Crippen LogP contribution in [0, 0.1) is 0 Å². The predicted octanol–water partition coefficient (Wildman–Crippen LogP) is 2.32. The van der Waals surface area contributed by atoms with Gasteiger partial charge in [-0.25, -0.2) is 4.98 Å². The minimum atomic E-state index is 0.506.